The molecule has 1 aliphatic rings. The molecule has 1 aromatic carbocycles. The van der Waals surface area contributed by atoms with Gasteiger partial charge < -0.3 is 4.74 Å². The Labute approximate surface area is 143 Å². The van der Waals surface area contributed by atoms with Crippen LogP contribution in [0.15, 0.2) is 29.6 Å². The van der Waals surface area contributed by atoms with Crippen LogP contribution in [0.5, 0.6) is 5.75 Å². The van der Waals surface area contributed by atoms with Gasteiger partial charge in [-0.25, -0.2) is 4.98 Å². The third-order valence-electron chi connectivity index (χ3n) is 4.67. The van der Waals surface area contributed by atoms with Gasteiger partial charge in [-0.05, 0) is 38.8 Å². The van der Waals surface area contributed by atoms with Crippen molar-refractivity contribution in [1.82, 2.24) is 9.88 Å². The summed E-state index contributed by atoms with van der Waals surface area (Å²) >= 11 is 1.72. The van der Waals surface area contributed by atoms with Crippen LogP contribution in [0, 0.1) is 0 Å². The number of rotatable bonds is 6. The highest BCUT2D eigenvalue weighted by Crippen LogP contribution is 2.30. The predicted molar refractivity (Wildman–Crippen MR) is 97.0 cm³/mol. The highest BCUT2D eigenvalue weighted by molar-refractivity contribution is 7.13. The summed E-state index contributed by atoms with van der Waals surface area (Å²) in [6, 6.07) is 9.45. The fourth-order valence-corrected chi connectivity index (χ4v) is 4.23. The first-order valence-electron chi connectivity index (χ1n) is 8.52. The molecule has 0 N–H and O–H groups in total. The van der Waals surface area contributed by atoms with E-state index in [1.165, 1.54) is 31.4 Å². The molecule has 0 amide bonds. The van der Waals surface area contributed by atoms with Crippen LogP contribution in [0.2, 0.25) is 0 Å². The van der Waals surface area contributed by atoms with Crippen molar-refractivity contribution in [2.45, 2.75) is 58.2 Å². The van der Waals surface area contributed by atoms with Crippen molar-refractivity contribution in [2.24, 2.45) is 0 Å². The second-order valence-electron chi connectivity index (χ2n) is 6.58. The second-order valence-corrected chi connectivity index (χ2v) is 7.44. The van der Waals surface area contributed by atoms with E-state index in [-0.39, 0.29) is 0 Å². The van der Waals surface area contributed by atoms with Crippen molar-refractivity contribution in [3.8, 4) is 16.3 Å². The van der Waals surface area contributed by atoms with Crippen LogP contribution >= 0.6 is 11.3 Å². The van der Waals surface area contributed by atoms with Gasteiger partial charge in [-0.2, -0.15) is 0 Å². The maximum absolute atomic E-state index is 5.32. The molecule has 0 radical (unpaired) electrons. The summed E-state index contributed by atoms with van der Waals surface area (Å²) in [4.78, 5) is 7.49. The molecule has 1 fully saturated rings. The number of nitrogens with zero attached hydrogens (tertiary/aromatic N) is 2. The molecule has 0 atom stereocenters. The zero-order valence-corrected chi connectivity index (χ0v) is 15.1. The zero-order chi connectivity index (χ0) is 16.2. The van der Waals surface area contributed by atoms with Crippen LogP contribution < -0.4 is 4.74 Å². The van der Waals surface area contributed by atoms with E-state index >= 15 is 0 Å². The Morgan fingerprint density at radius 3 is 2.78 bits per heavy atom. The number of methoxy groups -OCH3 is 1. The van der Waals surface area contributed by atoms with E-state index in [0.29, 0.717) is 6.04 Å². The first-order chi connectivity index (χ1) is 11.2. The van der Waals surface area contributed by atoms with Crippen molar-refractivity contribution in [3.63, 3.8) is 0 Å². The molecule has 3 nitrogen and oxygen atoms in total. The molecule has 0 saturated heterocycles. The largest absolute Gasteiger partial charge is 0.497 e. The molecule has 0 unspecified atom stereocenters. The van der Waals surface area contributed by atoms with Gasteiger partial charge in [-0.3, -0.25) is 4.90 Å². The zero-order valence-electron chi connectivity index (χ0n) is 14.3. The summed E-state index contributed by atoms with van der Waals surface area (Å²) in [5, 5.41) is 3.29. The lowest BCUT2D eigenvalue weighted by Gasteiger charge is -2.31. The van der Waals surface area contributed by atoms with Crippen LogP contribution in [0.3, 0.4) is 0 Å². The average Bonchev–Trinajstić information content (AvgIpc) is 3.24. The summed E-state index contributed by atoms with van der Waals surface area (Å²) < 4.78 is 5.32. The van der Waals surface area contributed by atoms with E-state index in [4.69, 9.17) is 9.72 Å². The molecule has 1 aromatic heterocycles. The first-order valence-corrected chi connectivity index (χ1v) is 9.40. The van der Waals surface area contributed by atoms with Crippen LogP contribution in [-0.2, 0) is 6.54 Å². The molecule has 1 saturated carbocycles. The Hall–Kier alpha value is -1.39. The fraction of sp³-hybridized carbons (Fsp3) is 0.526. The van der Waals surface area contributed by atoms with Crippen molar-refractivity contribution in [2.75, 3.05) is 7.11 Å². The third-order valence-corrected chi connectivity index (χ3v) is 5.61. The van der Waals surface area contributed by atoms with Crippen LogP contribution in [0.25, 0.3) is 10.6 Å². The van der Waals surface area contributed by atoms with Gasteiger partial charge in [0.2, 0.25) is 0 Å². The molecule has 23 heavy (non-hydrogen) atoms. The molecule has 1 aliphatic carbocycles. The van der Waals surface area contributed by atoms with Crippen molar-refractivity contribution in [1.29, 1.82) is 0 Å². The lowest BCUT2D eigenvalue weighted by Crippen LogP contribution is -2.38. The van der Waals surface area contributed by atoms with E-state index in [1.54, 1.807) is 18.4 Å². The summed E-state index contributed by atoms with van der Waals surface area (Å²) in [5.41, 5.74) is 2.32. The summed E-state index contributed by atoms with van der Waals surface area (Å²) in [6.45, 7) is 5.56. The van der Waals surface area contributed by atoms with Gasteiger partial charge in [0.05, 0.1) is 12.8 Å². The van der Waals surface area contributed by atoms with E-state index in [0.717, 1.165) is 28.9 Å². The van der Waals surface area contributed by atoms with E-state index < -0.39 is 0 Å². The lowest BCUT2D eigenvalue weighted by atomic mass is 10.1. The van der Waals surface area contributed by atoms with E-state index in [9.17, 15) is 0 Å². The van der Waals surface area contributed by atoms with E-state index in [2.05, 4.69) is 36.3 Å². The van der Waals surface area contributed by atoms with Crippen molar-refractivity contribution >= 4 is 11.3 Å². The second kappa shape index (κ2) is 7.45. The SMILES string of the molecule is COc1cccc(-c2nc(CN(C(C)C)C3CCCC3)cs2)c1. The molecule has 3 rings (SSSR count). The van der Waals surface area contributed by atoms with Gasteiger partial charge in [0, 0.05) is 29.6 Å². The van der Waals surface area contributed by atoms with Gasteiger partial charge >= 0.3 is 0 Å². The van der Waals surface area contributed by atoms with Gasteiger partial charge in [0.25, 0.3) is 0 Å². The number of benzene rings is 1. The van der Waals surface area contributed by atoms with Crippen molar-refractivity contribution in [3.05, 3.63) is 35.3 Å². The number of thiazole rings is 1. The van der Waals surface area contributed by atoms with Gasteiger partial charge in [-0.1, -0.05) is 25.0 Å². The Kier molecular flexibility index (Phi) is 5.34. The van der Waals surface area contributed by atoms with Gasteiger partial charge in [0.15, 0.2) is 0 Å². The maximum atomic E-state index is 5.32. The number of hydrogen-bond acceptors (Lipinski definition) is 4. The average molecular weight is 330 g/mol. The van der Waals surface area contributed by atoms with Crippen LogP contribution in [0.4, 0.5) is 0 Å². The van der Waals surface area contributed by atoms with Gasteiger partial charge in [0.1, 0.15) is 10.8 Å². The number of aromatic nitrogens is 1. The summed E-state index contributed by atoms with van der Waals surface area (Å²) in [7, 11) is 1.70. The molecule has 0 spiro atoms. The highest BCUT2D eigenvalue weighted by Gasteiger charge is 2.25. The first kappa shape index (κ1) is 16.5. The minimum Gasteiger partial charge on any atom is -0.497 e. The maximum Gasteiger partial charge on any atom is 0.123 e. The predicted octanol–water partition coefficient (Wildman–Crippen LogP) is 4.97. The monoisotopic (exact) mass is 330 g/mol. The molecule has 0 aliphatic heterocycles. The minimum absolute atomic E-state index is 0.570. The topological polar surface area (TPSA) is 25.4 Å². The third kappa shape index (κ3) is 3.93. The number of hydrogen-bond donors (Lipinski definition) is 0. The smallest absolute Gasteiger partial charge is 0.123 e. The molecule has 1 heterocycles. The summed E-state index contributed by atoms with van der Waals surface area (Å²) in [5.74, 6) is 0.883. The van der Waals surface area contributed by atoms with Gasteiger partial charge in [-0.15, -0.1) is 11.3 Å². The number of ether oxygens (including phenoxy) is 1. The standard InChI is InChI=1S/C19H26N2OS/c1-14(2)21(17-8-4-5-9-17)12-16-13-23-19(20-16)15-7-6-10-18(11-15)22-3/h6-7,10-11,13-14,17H,4-5,8-9,12H2,1-3H3. The van der Waals surface area contributed by atoms with Crippen LogP contribution in [0.1, 0.15) is 45.2 Å². The van der Waals surface area contributed by atoms with Crippen molar-refractivity contribution < 1.29 is 4.74 Å². The Balaban J connectivity index is 1.75. The molecule has 2 aromatic rings. The molecule has 4 heteroatoms. The van der Waals surface area contributed by atoms with E-state index in [1.807, 2.05) is 12.1 Å². The molecular formula is C19H26N2OS. The van der Waals surface area contributed by atoms with Crippen LogP contribution in [-0.4, -0.2) is 29.1 Å². The summed E-state index contributed by atoms with van der Waals surface area (Å²) in [6.07, 6.45) is 5.43. The molecule has 0 bridgehead atoms. The molecule has 124 valence electrons. The minimum atomic E-state index is 0.570. The normalized spacial score (nSPS) is 15.7. The fourth-order valence-electron chi connectivity index (χ4n) is 3.42. The quantitative estimate of drug-likeness (QED) is 0.747. The molecular weight excluding hydrogens is 304 g/mol. The lowest BCUT2D eigenvalue weighted by molar-refractivity contribution is 0.144. The highest BCUT2D eigenvalue weighted by atomic mass is 32.1. The Morgan fingerprint density at radius 1 is 1.30 bits per heavy atom. The Morgan fingerprint density at radius 2 is 2.09 bits per heavy atom. The Bertz CT molecular complexity index is 632.